The third-order valence-electron chi connectivity index (χ3n) is 7.47. The van der Waals surface area contributed by atoms with Crippen molar-refractivity contribution in [1.82, 2.24) is 24.7 Å². The van der Waals surface area contributed by atoms with Crippen LogP contribution in [0, 0.1) is 5.92 Å². The second kappa shape index (κ2) is 13.8. The molecule has 2 aliphatic rings. The van der Waals surface area contributed by atoms with Crippen LogP contribution in [-0.4, -0.2) is 94.7 Å². The van der Waals surface area contributed by atoms with E-state index in [9.17, 15) is 14.7 Å². The number of benzene rings is 1. The fourth-order valence-electron chi connectivity index (χ4n) is 5.48. The molecule has 0 saturated carbocycles. The predicted octanol–water partition coefficient (Wildman–Crippen LogP) is 3.43. The lowest BCUT2D eigenvalue weighted by molar-refractivity contribution is -0.135. The summed E-state index contributed by atoms with van der Waals surface area (Å²) in [5, 5.41) is 14.7. The number of para-hydroxylation sites is 2. The first-order valence-electron chi connectivity index (χ1n) is 14.5. The number of unbranched alkanes of at least 4 members (excludes halogenated alkanes) is 1. The summed E-state index contributed by atoms with van der Waals surface area (Å²) < 4.78 is 18.3. The second-order valence-corrected chi connectivity index (χ2v) is 11.8. The molecule has 0 bridgehead atoms. The standard InChI is InChI=1S/C30H45N5O6/c1-30(2,3)41-29(38)34-19-21(28(37)33-15-12-23(40-5)13-16-33)18-22(20-34)31-27(36)26-32-24-10-6-7-11-25(24)35(26)14-8-9-17-39-4/h6-7,10-12,15,21-23,27,31,36H,8-9,13-14,16-20H2,1-5H3/t21-,22+,23?,27?/m1/s1. The van der Waals surface area contributed by atoms with E-state index in [1.54, 1.807) is 30.2 Å². The highest BCUT2D eigenvalue weighted by Crippen LogP contribution is 2.26. The monoisotopic (exact) mass is 571 g/mol. The van der Waals surface area contributed by atoms with Crippen molar-refractivity contribution in [3.05, 3.63) is 42.4 Å². The van der Waals surface area contributed by atoms with Gasteiger partial charge in [0.15, 0.2) is 12.1 Å². The number of carbonyl (C=O) groups excluding carboxylic acids is 2. The van der Waals surface area contributed by atoms with Crippen LogP contribution in [0.4, 0.5) is 4.79 Å². The van der Waals surface area contributed by atoms with Gasteiger partial charge in [-0.1, -0.05) is 12.1 Å². The number of fused-ring (bicyclic) bond motifs is 1. The third-order valence-corrected chi connectivity index (χ3v) is 7.47. The predicted molar refractivity (Wildman–Crippen MR) is 155 cm³/mol. The molecule has 1 saturated heterocycles. The molecular formula is C30H45N5O6. The molecule has 11 heteroatoms. The van der Waals surface area contributed by atoms with Crippen LogP contribution in [0.15, 0.2) is 36.5 Å². The fourth-order valence-corrected chi connectivity index (χ4v) is 5.48. The van der Waals surface area contributed by atoms with Crippen molar-refractivity contribution in [1.29, 1.82) is 0 Å². The Kier molecular flexibility index (Phi) is 10.4. The number of ether oxygens (including phenoxy) is 3. The summed E-state index contributed by atoms with van der Waals surface area (Å²) in [6.45, 7) is 7.89. The molecule has 0 aliphatic carbocycles. The number of piperidine rings is 1. The number of likely N-dealkylation sites (tertiary alicyclic amines) is 1. The van der Waals surface area contributed by atoms with Crippen molar-refractivity contribution >= 4 is 23.0 Å². The Labute approximate surface area is 242 Å². The topological polar surface area (TPSA) is 118 Å². The summed E-state index contributed by atoms with van der Waals surface area (Å²) in [7, 11) is 3.34. The quantitative estimate of drug-likeness (QED) is 0.329. The van der Waals surface area contributed by atoms with E-state index in [1.165, 1.54) is 0 Å². The summed E-state index contributed by atoms with van der Waals surface area (Å²) >= 11 is 0. The van der Waals surface area contributed by atoms with Crippen LogP contribution in [0.5, 0.6) is 0 Å². The van der Waals surface area contributed by atoms with Gasteiger partial charge in [0.25, 0.3) is 0 Å². The summed E-state index contributed by atoms with van der Waals surface area (Å²) in [6, 6.07) is 7.45. The Bertz CT molecular complexity index is 1210. The summed E-state index contributed by atoms with van der Waals surface area (Å²) in [5.41, 5.74) is 1.07. The number of carbonyl (C=O) groups is 2. The van der Waals surface area contributed by atoms with E-state index in [4.69, 9.17) is 19.2 Å². The lowest BCUT2D eigenvalue weighted by Crippen LogP contribution is -2.56. The van der Waals surface area contributed by atoms with Crippen molar-refractivity contribution in [2.45, 2.75) is 77.0 Å². The molecule has 2 unspecified atom stereocenters. The lowest BCUT2D eigenvalue weighted by atomic mass is 9.92. The minimum atomic E-state index is -1.10. The van der Waals surface area contributed by atoms with Crippen LogP contribution >= 0.6 is 0 Å². The molecule has 4 atom stereocenters. The van der Waals surface area contributed by atoms with Crippen molar-refractivity contribution in [2.24, 2.45) is 5.92 Å². The largest absolute Gasteiger partial charge is 0.444 e. The molecule has 226 valence electrons. The number of hydrogen-bond donors (Lipinski definition) is 2. The van der Waals surface area contributed by atoms with Crippen molar-refractivity contribution in [3.8, 4) is 0 Å². The van der Waals surface area contributed by atoms with Gasteiger partial charge in [0, 0.05) is 59.2 Å². The zero-order chi connectivity index (χ0) is 29.6. The normalized spacial score (nSPS) is 22.2. The highest BCUT2D eigenvalue weighted by molar-refractivity contribution is 5.81. The van der Waals surface area contributed by atoms with E-state index < -0.39 is 23.8 Å². The number of nitrogens with zero attached hydrogens (tertiary/aromatic N) is 4. The van der Waals surface area contributed by atoms with Crippen LogP contribution in [0.25, 0.3) is 11.0 Å². The number of amides is 2. The number of aromatic nitrogens is 2. The first kappa shape index (κ1) is 31.0. The molecule has 2 aliphatic heterocycles. The molecule has 4 rings (SSSR count). The van der Waals surface area contributed by atoms with Gasteiger partial charge in [0.2, 0.25) is 5.91 Å². The smallest absolute Gasteiger partial charge is 0.410 e. The molecule has 2 aromatic rings. The highest BCUT2D eigenvalue weighted by Gasteiger charge is 2.38. The van der Waals surface area contributed by atoms with Crippen LogP contribution < -0.4 is 5.32 Å². The average molecular weight is 572 g/mol. The number of aryl methyl sites for hydroxylation is 1. The van der Waals surface area contributed by atoms with Gasteiger partial charge in [-0.05, 0) is 64.7 Å². The number of aliphatic hydroxyl groups excluding tert-OH is 1. The highest BCUT2D eigenvalue weighted by atomic mass is 16.6. The maximum absolute atomic E-state index is 13.6. The summed E-state index contributed by atoms with van der Waals surface area (Å²) in [6.07, 6.45) is 5.00. The van der Waals surface area contributed by atoms with Gasteiger partial charge >= 0.3 is 6.09 Å². The Hall–Kier alpha value is -2.99. The molecule has 1 aromatic carbocycles. The van der Waals surface area contributed by atoms with E-state index in [0.29, 0.717) is 44.9 Å². The van der Waals surface area contributed by atoms with Gasteiger partial charge < -0.3 is 33.7 Å². The van der Waals surface area contributed by atoms with Crippen molar-refractivity contribution in [3.63, 3.8) is 0 Å². The molecule has 11 nitrogen and oxygen atoms in total. The number of nitrogens with one attached hydrogen (secondary N) is 1. The Morgan fingerprint density at radius 2 is 1.95 bits per heavy atom. The van der Waals surface area contributed by atoms with Crippen molar-refractivity contribution in [2.75, 3.05) is 40.5 Å². The van der Waals surface area contributed by atoms with Gasteiger partial charge in [-0.2, -0.15) is 0 Å². The minimum absolute atomic E-state index is 0.0121. The van der Waals surface area contributed by atoms with Gasteiger partial charge in [0.05, 0.1) is 23.1 Å². The maximum atomic E-state index is 13.6. The summed E-state index contributed by atoms with van der Waals surface area (Å²) in [5.74, 6) is -0.0150. The molecule has 0 spiro atoms. The molecule has 2 amide bonds. The van der Waals surface area contributed by atoms with Crippen molar-refractivity contribution < 1.29 is 28.9 Å². The van der Waals surface area contributed by atoms with Crippen LogP contribution in [0.3, 0.4) is 0 Å². The molecule has 1 fully saturated rings. The molecule has 2 N–H and O–H groups in total. The Morgan fingerprint density at radius 1 is 1.17 bits per heavy atom. The van der Waals surface area contributed by atoms with E-state index >= 15 is 0 Å². The van der Waals surface area contributed by atoms with E-state index in [2.05, 4.69) is 5.32 Å². The van der Waals surface area contributed by atoms with Gasteiger partial charge in [0.1, 0.15) is 5.60 Å². The Morgan fingerprint density at radius 3 is 2.63 bits per heavy atom. The molecule has 3 heterocycles. The average Bonchev–Trinajstić information content (AvgIpc) is 3.32. The number of hydrogen-bond acceptors (Lipinski definition) is 8. The van der Waals surface area contributed by atoms with E-state index in [0.717, 1.165) is 23.9 Å². The zero-order valence-electron chi connectivity index (χ0n) is 24.9. The number of methoxy groups -OCH3 is 2. The number of aliphatic hydroxyl groups is 1. The first-order chi connectivity index (χ1) is 19.6. The Balaban J connectivity index is 1.54. The summed E-state index contributed by atoms with van der Waals surface area (Å²) in [4.78, 5) is 34.7. The molecular weight excluding hydrogens is 526 g/mol. The zero-order valence-corrected chi connectivity index (χ0v) is 24.9. The fraction of sp³-hybridized carbons (Fsp3) is 0.633. The second-order valence-electron chi connectivity index (χ2n) is 11.8. The molecule has 1 aromatic heterocycles. The van der Waals surface area contributed by atoms with Crippen LogP contribution in [0.1, 0.15) is 58.5 Å². The lowest BCUT2D eigenvalue weighted by Gasteiger charge is -2.40. The first-order valence-corrected chi connectivity index (χ1v) is 14.5. The number of imidazole rings is 1. The third kappa shape index (κ3) is 8.06. The molecule has 0 radical (unpaired) electrons. The van der Waals surface area contributed by atoms with Gasteiger partial charge in [-0.25, -0.2) is 9.78 Å². The number of rotatable bonds is 10. The van der Waals surface area contributed by atoms with Crippen LogP contribution in [-0.2, 0) is 25.5 Å². The van der Waals surface area contributed by atoms with E-state index in [1.807, 2.05) is 55.7 Å². The van der Waals surface area contributed by atoms with E-state index in [-0.39, 0.29) is 24.6 Å². The maximum Gasteiger partial charge on any atom is 0.410 e. The molecule has 41 heavy (non-hydrogen) atoms. The SMILES string of the molecule is COCCCCn1c(C(O)N[C@H]2C[C@@H](C(=O)N3C=CC(OC)CC3)CN(C(=O)OC(C)(C)C)C2)nc2ccccc21. The van der Waals surface area contributed by atoms with Gasteiger partial charge in [-0.3, -0.25) is 10.1 Å². The minimum Gasteiger partial charge on any atom is -0.444 e. The van der Waals surface area contributed by atoms with Crippen LogP contribution in [0.2, 0.25) is 0 Å². The van der Waals surface area contributed by atoms with Gasteiger partial charge in [-0.15, -0.1) is 0 Å².